The van der Waals surface area contributed by atoms with E-state index in [0.29, 0.717) is 6.61 Å². The molecule has 1 unspecified atom stereocenters. The number of likely N-dealkylation sites (tertiary alicyclic amines) is 1. The Morgan fingerprint density at radius 3 is 3.00 bits per heavy atom. The zero-order chi connectivity index (χ0) is 17.8. The van der Waals surface area contributed by atoms with E-state index in [0.717, 1.165) is 42.6 Å². The Labute approximate surface area is 153 Å². The predicted molar refractivity (Wildman–Crippen MR) is 98.5 cm³/mol. The first-order valence-corrected chi connectivity index (χ1v) is 9.02. The first-order valence-electron chi connectivity index (χ1n) is 9.02. The van der Waals surface area contributed by atoms with Gasteiger partial charge in [0.05, 0.1) is 11.7 Å². The Morgan fingerprint density at radius 2 is 2.19 bits per heavy atom. The van der Waals surface area contributed by atoms with Crippen LogP contribution >= 0.6 is 0 Å². The zero-order valence-corrected chi connectivity index (χ0v) is 14.9. The number of aromatic amines is 1. The van der Waals surface area contributed by atoms with Crippen molar-refractivity contribution in [3.05, 3.63) is 71.6 Å². The third kappa shape index (κ3) is 3.91. The van der Waals surface area contributed by atoms with Gasteiger partial charge in [-0.25, -0.2) is 4.98 Å². The molecule has 3 heterocycles. The Bertz CT molecular complexity index is 848. The molecule has 1 aromatic carbocycles. The lowest BCUT2D eigenvalue weighted by atomic mass is 10.1. The average molecular weight is 349 g/mol. The van der Waals surface area contributed by atoms with Crippen LogP contribution in [0, 0.1) is 6.92 Å². The lowest BCUT2D eigenvalue weighted by molar-refractivity contribution is 0.239. The molecule has 1 atom stereocenters. The van der Waals surface area contributed by atoms with Crippen molar-refractivity contribution in [2.75, 3.05) is 6.54 Å². The smallest absolute Gasteiger partial charge is 0.167 e. The predicted octanol–water partition coefficient (Wildman–Crippen LogP) is 3.42. The number of pyridine rings is 1. The maximum absolute atomic E-state index is 5.90. The SMILES string of the molecule is Cc1nc(C2CCCN2Cc2cccc(OCc3ccccn3)c2)n[nH]1. The molecule has 1 saturated heterocycles. The van der Waals surface area contributed by atoms with Crippen LogP contribution in [0.5, 0.6) is 5.75 Å². The molecule has 0 radical (unpaired) electrons. The number of aromatic nitrogens is 4. The maximum Gasteiger partial charge on any atom is 0.167 e. The highest BCUT2D eigenvalue weighted by Crippen LogP contribution is 2.31. The first kappa shape index (κ1) is 16.7. The fourth-order valence-electron chi connectivity index (χ4n) is 3.43. The number of H-pyrrole nitrogens is 1. The summed E-state index contributed by atoms with van der Waals surface area (Å²) in [5.41, 5.74) is 2.17. The van der Waals surface area contributed by atoms with E-state index >= 15 is 0 Å². The summed E-state index contributed by atoms with van der Waals surface area (Å²) in [6.07, 6.45) is 4.06. The summed E-state index contributed by atoms with van der Waals surface area (Å²) in [5.74, 6) is 2.65. The molecular weight excluding hydrogens is 326 g/mol. The molecule has 6 nitrogen and oxygen atoms in total. The number of nitrogens with zero attached hydrogens (tertiary/aromatic N) is 4. The van der Waals surface area contributed by atoms with E-state index in [-0.39, 0.29) is 6.04 Å². The van der Waals surface area contributed by atoms with Crippen LogP contribution in [0.1, 0.15) is 41.8 Å². The third-order valence-corrected chi connectivity index (χ3v) is 4.67. The lowest BCUT2D eigenvalue weighted by Crippen LogP contribution is -2.23. The van der Waals surface area contributed by atoms with E-state index in [2.05, 4.69) is 37.2 Å². The Hall–Kier alpha value is -2.73. The zero-order valence-electron chi connectivity index (χ0n) is 14.9. The van der Waals surface area contributed by atoms with E-state index in [9.17, 15) is 0 Å². The summed E-state index contributed by atoms with van der Waals surface area (Å²) in [5, 5.41) is 7.32. The minimum atomic E-state index is 0.290. The molecule has 3 aromatic rings. The molecule has 0 aliphatic carbocycles. The molecule has 1 aliphatic heterocycles. The number of aryl methyl sites for hydroxylation is 1. The molecule has 1 N–H and O–H groups in total. The average Bonchev–Trinajstić information content (AvgIpc) is 3.30. The fourth-order valence-corrected chi connectivity index (χ4v) is 3.43. The van der Waals surface area contributed by atoms with Crippen LogP contribution in [0.25, 0.3) is 0 Å². The quantitative estimate of drug-likeness (QED) is 0.738. The van der Waals surface area contributed by atoms with E-state index in [1.54, 1.807) is 6.20 Å². The van der Waals surface area contributed by atoms with Gasteiger partial charge in [0, 0.05) is 12.7 Å². The van der Waals surface area contributed by atoms with E-state index in [1.807, 2.05) is 37.3 Å². The van der Waals surface area contributed by atoms with Crippen molar-refractivity contribution in [1.82, 2.24) is 25.1 Å². The second-order valence-electron chi connectivity index (χ2n) is 6.66. The van der Waals surface area contributed by atoms with Gasteiger partial charge in [-0.3, -0.25) is 15.0 Å². The van der Waals surface area contributed by atoms with Gasteiger partial charge in [-0.15, -0.1) is 0 Å². The molecule has 0 saturated carbocycles. The van der Waals surface area contributed by atoms with Gasteiger partial charge >= 0.3 is 0 Å². The van der Waals surface area contributed by atoms with Crippen LogP contribution in [-0.2, 0) is 13.2 Å². The highest BCUT2D eigenvalue weighted by Gasteiger charge is 2.28. The summed E-state index contributed by atoms with van der Waals surface area (Å²) >= 11 is 0. The summed E-state index contributed by atoms with van der Waals surface area (Å²) < 4.78 is 5.90. The van der Waals surface area contributed by atoms with Gasteiger partial charge in [-0.1, -0.05) is 18.2 Å². The van der Waals surface area contributed by atoms with Gasteiger partial charge in [-0.05, 0) is 56.1 Å². The van der Waals surface area contributed by atoms with Crippen LogP contribution in [0.3, 0.4) is 0 Å². The number of hydrogen-bond donors (Lipinski definition) is 1. The standard InChI is InChI=1S/C20H23N5O/c1-15-22-20(24-23-15)19-9-5-11-25(19)13-16-6-4-8-18(12-16)26-14-17-7-2-3-10-21-17/h2-4,6-8,10,12,19H,5,9,11,13-14H2,1H3,(H,22,23,24). The molecule has 1 fully saturated rings. The number of rotatable bonds is 6. The van der Waals surface area contributed by atoms with Gasteiger partial charge in [0.1, 0.15) is 18.2 Å². The summed E-state index contributed by atoms with van der Waals surface area (Å²) in [7, 11) is 0. The fraction of sp³-hybridized carbons (Fsp3) is 0.350. The lowest BCUT2D eigenvalue weighted by Gasteiger charge is -2.22. The Kier molecular flexibility index (Phi) is 4.93. The summed E-state index contributed by atoms with van der Waals surface area (Å²) in [4.78, 5) is 11.3. The molecule has 26 heavy (non-hydrogen) atoms. The van der Waals surface area contributed by atoms with Gasteiger partial charge in [-0.2, -0.15) is 5.10 Å². The summed E-state index contributed by atoms with van der Waals surface area (Å²) in [6.45, 7) is 4.36. The number of hydrogen-bond acceptors (Lipinski definition) is 5. The highest BCUT2D eigenvalue weighted by atomic mass is 16.5. The third-order valence-electron chi connectivity index (χ3n) is 4.67. The van der Waals surface area contributed by atoms with Crippen molar-refractivity contribution in [1.29, 1.82) is 0 Å². The van der Waals surface area contributed by atoms with Crippen molar-refractivity contribution in [3.63, 3.8) is 0 Å². The molecular formula is C20H23N5O. The van der Waals surface area contributed by atoms with Crippen LogP contribution in [0.4, 0.5) is 0 Å². The van der Waals surface area contributed by atoms with Crippen molar-refractivity contribution in [3.8, 4) is 5.75 Å². The minimum absolute atomic E-state index is 0.290. The van der Waals surface area contributed by atoms with E-state index < -0.39 is 0 Å². The van der Waals surface area contributed by atoms with Crippen molar-refractivity contribution in [2.24, 2.45) is 0 Å². The van der Waals surface area contributed by atoms with Gasteiger partial charge in [0.2, 0.25) is 0 Å². The highest BCUT2D eigenvalue weighted by molar-refractivity contribution is 5.29. The van der Waals surface area contributed by atoms with Crippen molar-refractivity contribution < 1.29 is 4.74 Å². The van der Waals surface area contributed by atoms with Crippen LogP contribution in [-0.4, -0.2) is 31.6 Å². The molecule has 0 bridgehead atoms. The number of nitrogens with one attached hydrogen (secondary N) is 1. The molecule has 0 amide bonds. The summed E-state index contributed by atoms with van der Waals surface area (Å²) in [6, 6.07) is 14.4. The Morgan fingerprint density at radius 1 is 1.23 bits per heavy atom. The van der Waals surface area contributed by atoms with Gasteiger partial charge in [0.15, 0.2) is 5.82 Å². The first-order chi connectivity index (χ1) is 12.8. The van der Waals surface area contributed by atoms with Gasteiger partial charge < -0.3 is 4.74 Å². The molecule has 2 aromatic heterocycles. The van der Waals surface area contributed by atoms with E-state index in [1.165, 1.54) is 12.0 Å². The second kappa shape index (κ2) is 7.66. The second-order valence-corrected chi connectivity index (χ2v) is 6.66. The molecule has 4 rings (SSSR count). The molecule has 1 aliphatic rings. The van der Waals surface area contributed by atoms with Crippen LogP contribution in [0.15, 0.2) is 48.7 Å². The molecule has 0 spiro atoms. The number of benzene rings is 1. The maximum atomic E-state index is 5.90. The monoisotopic (exact) mass is 349 g/mol. The largest absolute Gasteiger partial charge is 0.487 e. The Balaban J connectivity index is 1.41. The molecule has 134 valence electrons. The number of ether oxygens (including phenoxy) is 1. The van der Waals surface area contributed by atoms with E-state index in [4.69, 9.17) is 4.74 Å². The minimum Gasteiger partial charge on any atom is -0.487 e. The molecule has 6 heteroatoms. The van der Waals surface area contributed by atoms with Crippen molar-refractivity contribution >= 4 is 0 Å². The van der Waals surface area contributed by atoms with Crippen molar-refractivity contribution in [2.45, 2.75) is 39.0 Å². The van der Waals surface area contributed by atoms with Gasteiger partial charge in [0.25, 0.3) is 0 Å². The normalized spacial score (nSPS) is 17.5. The van der Waals surface area contributed by atoms with Crippen LogP contribution in [0.2, 0.25) is 0 Å². The van der Waals surface area contributed by atoms with Crippen LogP contribution < -0.4 is 4.74 Å². The topological polar surface area (TPSA) is 66.9 Å².